The molecule has 0 heterocycles. The van der Waals surface area contributed by atoms with Crippen LogP contribution in [0.5, 0.6) is 0 Å². The third kappa shape index (κ3) is 3.99. The minimum Gasteiger partial charge on any atom is -0.545 e. The molecule has 3 rings (SSSR count). The standard InChI is InChI=1S/C22H18N2O5/c25-19(17-13-7-8-14-18(17)20(26)27)23-24-21(28)22(29,15-9-3-1-4-10-15)16-11-5-2-6-12-16/h1-14,29H,(H,23,25)(H,24,28)(H,26,27)/p-1. The van der Waals surface area contributed by atoms with E-state index in [9.17, 15) is 24.6 Å². The smallest absolute Gasteiger partial charge is 0.279 e. The molecule has 0 aliphatic heterocycles. The van der Waals surface area contributed by atoms with Crippen LogP contribution in [0.15, 0.2) is 84.9 Å². The molecule has 0 aliphatic rings. The van der Waals surface area contributed by atoms with Crippen molar-refractivity contribution in [2.75, 3.05) is 0 Å². The predicted octanol–water partition coefficient (Wildman–Crippen LogP) is 0.747. The van der Waals surface area contributed by atoms with Crippen molar-refractivity contribution < 1.29 is 24.6 Å². The molecule has 0 bridgehead atoms. The average Bonchev–Trinajstić information content (AvgIpc) is 2.77. The van der Waals surface area contributed by atoms with E-state index in [0.717, 1.165) is 0 Å². The molecule has 0 spiro atoms. The second-order valence-electron chi connectivity index (χ2n) is 6.18. The first-order valence-electron chi connectivity index (χ1n) is 8.69. The summed E-state index contributed by atoms with van der Waals surface area (Å²) in [4.78, 5) is 36.5. The lowest BCUT2D eigenvalue weighted by Crippen LogP contribution is -2.52. The fourth-order valence-electron chi connectivity index (χ4n) is 2.92. The van der Waals surface area contributed by atoms with E-state index in [1.54, 1.807) is 60.7 Å². The van der Waals surface area contributed by atoms with Gasteiger partial charge in [-0.1, -0.05) is 78.9 Å². The van der Waals surface area contributed by atoms with Crippen molar-refractivity contribution in [3.05, 3.63) is 107 Å². The van der Waals surface area contributed by atoms with E-state index in [4.69, 9.17) is 0 Å². The first-order valence-corrected chi connectivity index (χ1v) is 8.69. The van der Waals surface area contributed by atoms with Gasteiger partial charge >= 0.3 is 0 Å². The van der Waals surface area contributed by atoms with Gasteiger partial charge in [0.2, 0.25) is 0 Å². The normalized spacial score (nSPS) is 10.8. The Kier molecular flexibility index (Phi) is 5.71. The number of hydrogen-bond donors (Lipinski definition) is 3. The Labute approximate surface area is 166 Å². The number of carboxylic acids is 1. The van der Waals surface area contributed by atoms with Gasteiger partial charge in [0.15, 0.2) is 5.60 Å². The predicted molar refractivity (Wildman–Crippen MR) is 102 cm³/mol. The van der Waals surface area contributed by atoms with E-state index in [1.807, 2.05) is 0 Å². The Morgan fingerprint density at radius 1 is 0.690 bits per heavy atom. The quantitative estimate of drug-likeness (QED) is 0.557. The zero-order valence-corrected chi connectivity index (χ0v) is 15.2. The minimum atomic E-state index is -2.08. The van der Waals surface area contributed by atoms with Gasteiger partial charge in [0.1, 0.15) is 0 Å². The first-order chi connectivity index (χ1) is 13.9. The van der Waals surface area contributed by atoms with Crippen LogP contribution in [-0.4, -0.2) is 22.9 Å². The van der Waals surface area contributed by atoms with Crippen LogP contribution in [0.1, 0.15) is 31.8 Å². The molecule has 0 saturated heterocycles. The van der Waals surface area contributed by atoms with Gasteiger partial charge in [0, 0.05) is 5.56 Å². The second kappa shape index (κ2) is 8.37. The van der Waals surface area contributed by atoms with Crippen molar-refractivity contribution in [2.24, 2.45) is 0 Å². The van der Waals surface area contributed by atoms with Crippen LogP contribution in [-0.2, 0) is 10.4 Å². The molecule has 2 amide bonds. The van der Waals surface area contributed by atoms with Gasteiger partial charge < -0.3 is 15.0 Å². The van der Waals surface area contributed by atoms with Gasteiger partial charge in [-0.15, -0.1) is 0 Å². The fraction of sp³-hybridized carbons (Fsp3) is 0.0455. The van der Waals surface area contributed by atoms with Gasteiger partial charge in [0.05, 0.1) is 11.5 Å². The fourth-order valence-corrected chi connectivity index (χ4v) is 2.92. The van der Waals surface area contributed by atoms with Gasteiger partial charge in [-0.05, 0) is 17.2 Å². The third-order valence-electron chi connectivity index (χ3n) is 4.39. The zero-order chi connectivity index (χ0) is 20.9. The lowest BCUT2D eigenvalue weighted by molar-refractivity contribution is -0.255. The first kappa shape index (κ1) is 19.8. The molecule has 0 atom stereocenters. The van der Waals surface area contributed by atoms with Crippen molar-refractivity contribution in [1.82, 2.24) is 10.9 Å². The zero-order valence-electron chi connectivity index (χ0n) is 15.2. The molecule has 0 unspecified atom stereocenters. The molecule has 3 aromatic rings. The summed E-state index contributed by atoms with van der Waals surface area (Å²) in [5.74, 6) is -3.29. The van der Waals surface area contributed by atoms with Crippen LogP contribution in [0, 0.1) is 0 Å². The summed E-state index contributed by atoms with van der Waals surface area (Å²) in [6, 6.07) is 21.9. The summed E-state index contributed by atoms with van der Waals surface area (Å²) >= 11 is 0. The highest BCUT2D eigenvalue weighted by Gasteiger charge is 2.40. The number of rotatable bonds is 5. The third-order valence-corrected chi connectivity index (χ3v) is 4.39. The molecule has 0 saturated carbocycles. The Balaban J connectivity index is 1.87. The maximum absolute atomic E-state index is 12.9. The molecular weight excluding hydrogens is 372 g/mol. The number of aliphatic hydroxyl groups is 1. The molecule has 0 radical (unpaired) electrons. The second-order valence-corrected chi connectivity index (χ2v) is 6.18. The molecule has 3 aromatic carbocycles. The molecule has 7 heteroatoms. The van der Waals surface area contributed by atoms with Gasteiger partial charge in [-0.25, -0.2) is 0 Å². The number of hydrogen-bond acceptors (Lipinski definition) is 5. The molecule has 0 fully saturated rings. The van der Waals surface area contributed by atoms with Crippen molar-refractivity contribution in [1.29, 1.82) is 0 Å². The highest BCUT2D eigenvalue weighted by molar-refractivity contribution is 6.05. The average molecular weight is 389 g/mol. The number of carbonyl (C=O) groups is 3. The summed E-state index contributed by atoms with van der Waals surface area (Å²) in [5, 5.41) is 22.5. The van der Waals surface area contributed by atoms with Crippen molar-refractivity contribution in [2.45, 2.75) is 5.60 Å². The number of benzene rings is 3. The number of hydrazine groups is 1. The number of carbonyl (C=O) groups excluding carboxylic acids is 3. The molecule has 3 N–H and O–H groups in total. The van der Waals surface area contributed by atoms with Crippen LogP contribution >= 0.6 is 0 Å². The SMILES string of the molecule is O=C([O-])c1ccccc1C(=O)NNC(=O)C(O)(c1ccccc1)c1ccccc1. The lowest BCUT2D eigenvalue weighted by Gasteiger charge is -2.28. The van der Waals surface area contributed by atoms with E-state index in [1.165, 1.54) is 24.3 Å². The Bertz CT molecular complexity index is 996. The molecule has 0 aliphatic carbocycles. The molecular formula is C22H17N2O5-. The van der Waals surface area contributed by atoms with Crippen LogP contribution in [0.25, 0.3) is 0 Å². The van der Waals surface area contributed by atoms with Crippen LogP contribution in [0.4, 0.5) is 0 Å². The largest absolute Gasteiger partial charge is 0.545 e. The van der Waals surface area contributed by atoms with Gasteiger partial charge in [-0.3, -0.25) is 20.4 Å². The number of nitrogens with one attached hydrogen (secondary N) is 2. The summed E-state index contributed by atoms with van der Waals surface area (Å²) in [6.07, 6.45) is 0. The van der Waals surface area contributed by atoms with Gasteiger partial charge in [0.25, 0.3) is 11.8 Å². The molecule has 7 nitrogen and oxygen atoms in total. The Morgan fingerprint density at radius 3 is 1.62 bits per heavy atom. The highest BCUT2D eigenvalue weighted by atomic mass is 16.4. The topological polar surface area (TPSA) is 119 Å². The maximum atomic E-state index is 12.9. The van der Waals surface area contributed by atoms with Crippen molar-refractivity contribution >= 4 is 17.8 Å². The van der Waals surface area contributed by atoms with Crippen LogP contribution in [0.3, 0.4) is 0 Å². The number of amides is 2. The van der Waals surface area contributed by atoms with Crippen molar-refractivity contribution in [3.63, 3.8) is 0 Å². The highest BCUT2D eigenvalue weighted by Crippen LogP contribution is 2.29. The van der Waals surface area contributed by atoms with Crippen LogP contribution < -0.4 is 16.0 Å². The minimum absolute atomic E-state index is 0.184. The maximum Gasteiger partial charge on any atom is 0.279 e. The molecule has 146 valence electrons. The Hall–Kier alpha value is -3.97. The van der Waals surface area contributed by atoms with E-state index >= 15 is 0 Å². The van der Waals surface area contributed by atoms with E-state index in [-0.39, 0.29) is 11.1 Å². The number of carboxylic acid groups (broad SMARTS) is 1. The summed E-state index contributed by atoms with van der Waals surface area (Å²) in [7, 11) is 0. The molecule has 0 aromatic heterocycles. The summed E-state index contributed by atoms with van der Waals surface area (Å²) < 4.78 is 0. The summed E-state index contributed by atoms with van der Waals surface area (Å²) in [5.41, 5.74) is 2.35. The van der Waals surface area contributed by atoms with E-state index < -0.39 is 23.4 Å². The summed E-state index contributed by atoms with van der Waals surface area (Å²) in [6.45, 7) is 0. The number of aromatic carboxylic acids is 1. The van der Waals surface area contributed by atoms with E-state index in [2.05, 4.69) is 10.9 Å². The van der Waals surface area contributed by atoms with Crippen LogP contribution in [0.2, 0.25) is 0 Å². The van der Waals surface area contributed by atoms with Crippen molar-refractivity contribution in [3.8, 4) is 0 Å². The monoisotopic (exact) mass is 389 g/mol. The van der Waals surface area contributed by atoms with E-state index in [0.29, 0.717) is 11.1 Å². The molecule has 29 heavy (non-hydrogen) atoms. The van der Waals surface area contributed by atoms with Gasteiger partial charge in [-0.2, -0.15) is 0 Å². The Morgan fingerprint density at radius 2 is 1.14 bits per heavy atom. The lowest BCUT2D eigenvalue weighted by atomic mass is 9.85.